The summed E-state index contributed by atoms with van der Waals surface area (Å²) in [5.74, 6) is -1.03. The molecule has 1 aromatic carbocycles. The normalized spacial score (nSPS) is 17.6. The molecule has 132 valence electrons. The van der Waals surface area contributed by atoms with Crippen molar-refractivity contribution in [1.29, 1.82) is 0 Å². The van der Waals surface area contributed by atoms with Crippen molar-refractivity contribution >= 4 is 33.4 Å². The lowest BCUT2D eigenvalue weighted by Crippen LogP contribution is -2.33. The molecule has 0 bridgehead atoms. The Bertz CT molecular complexity index is 768. The Morgan fingerprint density at radius 1 is 1.50 bits per heavy atom. The van der Waals surface area contributed by atoms with Crippen molar-refractivity contribution in [2.45, 2.75) is 13.0 Å². The van der Waals surface area contributed by atoms with E-state index in [2.05, 4.69) is 5.32 Å². The van der Waals surface area contributed by atoms with Gasteiger partial charge in [0.25, 0.3) is 0 Å². The maximum atomic E-state index is 14.2. The van der Waals surface area contributed by atoms with Gasteiger partial charge in [0.2, 0.25) is 15.9 Å². The molecular weight excluding hydrogens is 341 g/mol. The Morgan fingerprint density at radius 2 is 2.17 bits per heavy atom. The number of carbonyl (C=O) groups is 2. The Hall–Kier alpha value is -2.36. The van der Waals surface area contributed by atoms with Crippen LogP contribution in [0.4, 0.5) is 20.6 Å². The van der Waals surface area contributed by atoms with Gasteiger partial charge in [-0.25, -0.2) is 17.6 Å². The van der Waals surface area contributed by atoms with Crippen LogP contribution in [0.25, 0.3) is 0 Å². The first-order valence-electron chi connectivity index (χ1n) is 7.05. The minimum Gasteiger partial charge on any atom is -0.442 e. The second kappa shape index (κ2) is 6.63. The number of cyclic esters (lactones) is 1. The van der Waals surface area contributed by atoms with Crippen LogP contribution in [0, 0.1) is 5.82 Å². The Balaban J connectivity index is 2.17. The topological polar surface area (TPSA) is 96.0 Å². The zero-order chi connectivity index (χ0) is 18.1. The number of halogens is 1. The first-order valence-corrected chi connectivity index (χ1v) is 8.90. The molecule has 0 spiro atoms. The molecule has 0 unspecified atom stereocenters. The van der Waals surface area contributed by atoms with Crippen LogP contribution in [0.3, 0.4) is 0 Å². The number of nitrogens with one attached hydrogen (secondary N) is 1. The maximum Gasteiger partial charge on any atom is 0.414 e. The van der Waals surface area contributed by atoms with Gasteiger partial charge < -0.3 is 10.1 Å². The second-order valence-electron chi connectivity index (χ2n) is 5.42. The molecule has 1 atom stereocenters. The van der Waals surface area contributed by atoms with Gasteiger partial charge in [-0.05, 0) is 18.2 Å². The zero-order valence-electron chi connectivity index (χ0n) is 13.4. The predicted octanol–water partition coefficient (Wildman–Crippen LogP) is 0.683. The number of hydrogen-bond donors (Lipinski definition) is 1. The molecule has 0 saturated carbocycles. The molecule has 24 heavy (non-hydrogen) atoms. The average molecular weight is 359 g/mol. The first kappa shape index (κ1) is 18.0. The minimum atomic E-state index is -3.60. The van der Waals surface area contributed by atoms with Gasteiger partial charge in [-0.3, -0.25) is 14.0 Å². The number of sulfonamides is 1. The molecule has 1 heterocycles. The number of carbonyl (C=O) groups excluding carboxylic acids is 2. The fraction of sp³-hybridized carbons (Fsp3) is 0.429. The van der Waals surface area contributed by atoms with E-state index in [1.165, 1.54) is 31.0 Å². The van der Waals surface area contributed by atoms with Crippen LogP contribution in [-0.2, 0) is 19.6 Å². The van der Waals surface area contributed by atoms with E-state index in [1.807, 2.05) is 0 Å². The van der Waals surface area contributed by atoms with Crippen LogP contribution >= 0.6 is 0 Å². The van der Waals surface area contributed by atoms with E-state index in [0.29, 0.717) is 0 Å². The van der Waals surface area contributed by atoms with Crippen molar-refractivity contribution in [3.63, 3.8) is 0 Å². The third-order valence-corrected chi connectivity index (χ3v) is 4.72. The molecule has 8 nitrogen and oxygen atoms in total. The fourth-order valence-electron chi connectivity index (χ4n) is 2.19. The lowest BCUT2D eigenvalue weighted by molar-refractivity contribution is -0.119. The molecule has 10 heteroatoms. The zero-order valence-corrected chi connectivity index (χ0v) is 14.3. The largest absolute Gasteiger partial charge is 0.442 e. The quantitative estimate of drug-likeness (QED) is 0.834. The second-order valence-corrected chi connectivity index (χ2v) is 7.43. The summed E-state index contributed by atoms with van der Waals surface area (Å²) in [5, 5.41) is 2.54. The standard InChI is InChI=1S/C14H18FN3O5S/c1-9(19)16-7-11-8-18(14(20)23-11)10-4-5-13(12(15)6-10)17(2)24(3,21)22/h4-6,11H,7-8H2,1-3H3,(H,16,19)/t11-/m1/s1. The summed E-state index contributed by atoms with van der Waals surface area (Å²) < 4.78 is 43.1. The number of ether oxygens (including phenoxy) is 1. The van der Waals surface area contributed by atoms with Gasteiger partial charge in [-0.2, -0.15) is 0 Å². The Kier molecular flexibility index (Phi) is 4.97. The van der Waals surface area contributed by atoms with E-state index in [-0.39, 0.29) is 30.4 Å². The smallest absolute Gasteiger partial charge is 0.414 e. The van der Waals surface area contributed by atoms with Gasteiger partial charge in [0.05, 0.1) is 30.7 Å². The van der Waals surface area contributed by atoms with Gasteiger partial charge in [0.15, 0.2) is 0 Å². The van der Waals surface area contributed by atoms with Crippen LogP contribution in [-0.4, -0.2) is 52.9 Å². The summed E-state index contributed by atoms with van der Waals surface area (Å²) in [6.45, 7) is 1.66. The van der Waals surface area contributed by atoms with E-state index < -0.39 is 28.0 Å². The van der Waals surface area contributed by atoms with E-state index >= 15 is 0 Å². The molecule has 2 amide bonds. The molecule has 1 saturated heterocycles. The van der Waals surface area contributed by atoms with E-state index in [1.54, 1.807) is 0 Å². The molecule has 1 aliphatic heterocycles. The van der Waals surface area contributed by atoms with Crippen molar-refractivity contribution in [2.75, 3.05) is 35.6 Å². The van der Waals surface area contributed by atoms with Gasteiger partial charge in [-0.1, -0.05) is 0 Å². The SMILES string of the molecule is CC(=O)NC[C@@H]1CN(c2ccc(N(C)S(C)(=O)=O)c(F)c2)C(=O)O1. The van der Waals surface area contributed by atoms with E-state index in [0.717, 1.165) is 16.6 Å². The monoisotopic (exact) mass is 359 g/mol. The molecular formula is C14H18FN3O5S. The highest BCUT2D eigenvalue weighted by Crippen LogP contribution is 2.28. The number of anilines is 2. The fourth-order valence-corrected chi connectivity index (χ4v) is 2.70. The highest BCUT2D eigenvalue weighted by Gasteiger charge is 2.33. The summed E-state index contributed by atoms with van der Waals surface area (Å²) >= 11 is 0. The van der Waals surface area contributed by atoms with E-state index in [9.17, 15) is 22.4 Å². The predicted molar refractivity (Wildman–Crippen MR) is 85.9 cm³/mol. The summed E-state index contributed by atoms with van der Waals surface area (Å²) in [7, 11) is -2.36. The van der Waals surface area contributed by atoms with Crippen LogP contribution in [0.2, 0.25) is 0 Å². The van der Waals surface area contributed by atoms with Crippen molar-refractivity contribution in [3.05, 3.63) is 24.0 Å². The maximum absolute atomic E-state index is 14.2. The van der Waals surface area contributed by atoms with Gasteiger partial charge in [-0.15, -0.1) is 0 Å². The molecule has 1 aliphatic rings. The average Bonchev–Trinajstić information content (AvgIpc) is 2.84. The van der Waals surface area contributed by atoms with E-state index in [4.69, 9.17) is 4.74 Å². The Morgan fingerprint density at radius 3 is 2.71 bits per heavy atom. The van der Waals surface area contributed by atoms with Crippen molar-refractivity contribution in [3.8, 4) is 0 Å². The summed E-state index contributed by atoms with van der Waals surface area (Å²) in [6.07, 6.45) is -0.234. The van der Waals surface area contributed by atoms with Crippen molar-refractivity contribution < 1.29 is 27.1 Å². The molecule has 0 aromatic heterocycles. The number of hydrogen-bond acceptors (Lipinski definition) is 5. The van der Waals surface area contributed by atoms with Gasteiger partial charge in [0.1, 0.15) is 11.9 Å². The number of nitrogens with zero attached hydrogens (tertiary/aromatic N) is 2. The highest BCUT2D eigenvalue weighted by molar-refractivity contribution is 7.92. The highest BCUT2D eigenvalue weighted by atomic mass is 32.2. The number of rotatable bonds is 5. The van der Waals surface area contributed by atoms with Crippen LogP contribution < -0.4 is 14.5 Å². The van der Waals surface area contributed by atoms with Crippen LogP contribution in [0.1, 0.15) is 6.92 Å². The van der Waals surface area contributed by atoms with Crippen LogP contribution in [0.5, 0.6) is 0 Å². The third-order valence-electron chi connectivity index (χ3n) is 3.53. The number of amides is 2. The Labute approximate surface area is 139 Å². The number of benzene rings is 1. The molecule has 0 radical (unpaired) electrons. The molecule has 1 N–H and O–H groups in total. The lowest BCUT2D eigenvalue weighted by Gasteiger charge is -2.19. The summed E-state index contributed by atoms with van der Waals surface area (Å²) in [6, 6.07) is 3.78. The van der Waals surface area contributed by atoms with Crippen molar-refractivity contribution in [1.82, 2.24) is 5.32 Å². The molecule has 0 aliphatic carbocycles. The first-order chi connectivity index (χ1) is 11.1. The molecule has 2 rings (SSSR count). The van der Waals surface area contributed by atoms with Gasteiger partial charge >= 0.3 is 6.09 Å². The molecule has 1 aromatic rings. The molecule has 1 fully saturated rings. The van der Waals surface area contributed by atoms with Crippen molar-refractivity contribution in [2.24, 2.45) is 0 Å². The third kappa shape index (κ3) is 3.94. The summed E-state index contributed by atoms with van der Waals surface area (Å²) in [4.78, 5) is 24.0. The van der Waals surface area contributed by atoms with Gasteiger partial charge in [0, 0.05) is 14.0 Å². The minimum absolute atomic E-state index is 0.122. The van der Waals surface area contributed by atoms with Crippen LogP contribution in [0.15, 0.2) is 18.2 Å². The lowest BCUT2D eigenvalue weighted by atomic mass is 10.2. The summed E-state index contributed by atoms with van der Waals surface area (Å²) in [5.41, 5.74) is 0.122.